The van der Waals surface area contributed by atoms with Crippen molar-refractivity contribution in [1.29, 1.82) is 0 Å². The van der Waals surface area contributed by atoms with Crippen LogP contribution in [-0.4, -0.2) is 17.4 Å². The van der Waals surface area contributed by atoms with Gasteiger partial charge in [0.15, 0.2) is 5.75 Å². The summed E-state index contributed by atoms with van der Waals surface area (Å²) in [6, 6.07) is 6.68. The molecule has 0 aliphatic rings. The Bertz CT molecular complexity index is 632. The summed E-state index contributed by atoms with van der Waals surface area (Å²) in [6.45, 7) is 2.43. The summed E-state index contributed by atoms with van der Waals surface area (Å²) in [5.41, 5.74) is 6.82. The van der Waals surface area contributed by atoms with Crippen LogP contribution < -0.4 is 15.8 Å². The number of rotatable bonds is 4. The zero-order valence-electron chi connectivity index (χ0n) is 10.9. The first-order valence-corrected chi connectivity index (χ1v) is 6.85. The van der Waals surface area contributed by atoms with E-state index in [1.165, 1.54) is 0 Å². The molecular weight excluding hydrogens is 322 g/mol. The summed E-state index contributed by atoms with van der Waals surface area (Å²) >= 11 is 3.31. The largest absolute Gasteiger partial charge is 0.454 e. The summed E-state index contributed by atoms with van der Waals surface area (Å²) in [5, 5.41) is 2.73. The van der Waals surface area contributed by atoms with Gasteiger partial charge in [-0.25, -0.2) is 0 Å². The van der Waals surface area contributed by atoms with E-state index >= 15 is 0 Å². The normalized spacial score (nSPS) is 10.1. The van der Waals surface area contributed by atoms with E-state index in [1.807, 2.05) is 6.92 Å². The van der Waals surface area contributed by atoms with Gasteiger partial charge in [0.05, 0.1) is 11.9 Å². The first kappa shape index (κ1) is 14.3. The Morgan fingerprint density at radius 3 is 2.90 bits per heavy atom. The van der Waals surface area contributed by atoms with Gasteiger partial charge in [-0.15, -0.1) is 0 Å². The molecule has 0 fully saturated rings. The lowest BCUT2D eigenvalue weighted by atomic mass is 10.2. The van der Waals surface area contributed by atoms with Crippen LogP contribution in [0.4, 0.5) is 5.69 Å². The second kappa shape index (κ2) is 6.38. The highest BCUT2D eigenvalue weighted by Gasteiger charge is 2.09. The van der Waals surface area contributed by atoms with Crippen LogP contribution in [0, 0.1) is 0 Å². The van der Waals surface area contributed by atoms with Crippen LogP contribution in [0.15, 0.2) is 41.1 Å². The number of amides is 1. The van der Waals surface area contributed by atoms with Crippen LogP contribution in [0.5, 0.6) is 11.5 Å². The Morgan fingerprint density at radius 2 is 2.20 bits per heavy atom. The highest BCUT2D eigenvalue weighted by Crippen LogP contribution is 2.29. The van der Waals surface area contributed by atoms with Crippen molar-refractivity contribution in [2.75, 3.05) is 12.3 Å². The van der Waals surface area contributed by atoms with Gasteiger partial charge < -0.3 is 15.8 Å². The van der Waals surface area contributed by atoms with Crippen molar-refractivity contribution in [3.63, 3.8) is 0 Å². The molecule has 0 atom stereocenters. The Balaban J connectivity index is 2.27. The average molecular weight is 336 g/mol. The van der Waals surface area contributed by atoms with E-state index in [0.29, 0.717) is 29.3 Å². The maximum absolute atomic E-state index is 11.8. The quantitative estimate of drug-likeness (QED) is 0.842. The van der Waals surface area contributed by atoms with E-state index in [2.05, 4.69) is 26.2 Å². The summed E-state index contributed by atoms with van der Waals surface area (Å²) in [4.78, 5) is 15.8. The topological polar surface area (TPSA) is 77.2 Å². The van der Waals surface area contributed by atoms with Gasteiger partial charge in [-0.1, -0.05) is 0 Å². The van der Waals surface area contributed by atoms with Crippen LogP contribution in [0.1, 0.15) is 17.3 Å². The third kappa shape index (κ3) is 3.48. The number of carbonyl (C=O) groups is 1. The molecule has 20 heavy (non-hydrogen) atoms. The van der Waals surface area contributed by atoms with Gasteiger partial charge in [0.1, 0.15) is 5.75 Å². The molecule has 104 valence electrons. The molecule has 0 unspecified atom stereocenters. The third-order valence-electron chi connectivity index (χ3n) is 2.52. The molecular formula is C14H14BrN3O2. The zero-order valence-corrected chi connectivity index (χ0v) is 12.5. The van der Waals surface area contributed by atoms with E-state index in [1.54, 1.807) is 36.7 Å². The minimum atomic E-state index is -0.162. The second-order valence-electron chi connectivity index (χ2n) is 4.05. The summed E-state index contributed by atoms with van der Waals surface area (Å²) in [6.07, 6.45) is 3.23. The van der Waals surface area contributed by atoms with E-state index in [-0.39, 0.29) is 5.91 Å². The SMILES string of the molecule is CCNC(=O)c1ccc(N)c(Oc2cncc(Br)c2)c1. The molecule has 2 rings (SSSR count). The summed E-state index contributed by atoms with van der Waals surface area (Å²) in [7, 11) is 0. The first-order chi connectivity index (χ1) is 9.60. The average Bonchev–Trinajstić information content (AvgIpc) is 2.41. The third-order valence-corrected chi connectivity index (χ3v) is 2.95. The Morgan fingerprint density at radius 1 is 1.40 bits per heavy atom. The van der Waals surface area contributed by atoms with Gasteiger partial charge in [-0.2, -0.15) is 0 Å². The molecule has 0 aliphatic heterocycles. The number of halogens is 1. The number of nitrogens with two attached hydrogens (primary N) is 1. The van der Waals surface area contributed by atoms with Crippen LogP contribution >= 0.6 is 15.9 Å². The molecule has 0 aliphatic carbocycles. The minimum absolute atomic E-state index is 0.162. The van der Waals surface area contributed by atoms with Crippen molar-refractivity contribution < 1.29 is 9.53 Å². The van der Waals surface area contributed by atoms with Gasteiger partial charge in [-0.05, 0) is 47.1 Å². The molecule has 3 N–H and O–H groups in total. The number of nitrogen functional groups attached to an aromatic ring is 1. The predicted octanol–water partition coefficient (Wildman–Crippen LogP) is 2.97. The Labute approximate surface area is 125 Å². The highest BCUT2D eigenvalue weighted by molar-refractivity contribution is 9.10. The first-order valence-electron chi connectivity index (χ1n) is 6.06. The number of pyridine rings is 1. The lowest BCUT2D eigenvalue weighted by Gasteiger charge is -2.10. The van der Waals surface area contributed by atoms with Gasteiger partial charge in [0, 0.05) is 22.8 Å². The number of hydrogen-bond donors (Lipinski definition) is 2. The second-order valence-corrected chi connectivity index (χ2v) is 4.97. The van der Waals surface area contributed by atoms with Crippen LogP contribution in [0.25, 0.3) is 0 Å². The van der Waals surface area contributed by atoms with Crippen LogP contribution in [-0.2, 0) is 0 Å². The molecule has 5 nitrogen and oxygen atoms in total. The van der Waals surface area contributed by atoms with E-state index in [4.69, 9.17) is 10.5 Å². The minimum Gasteiger partial charge on any atom is -0.454 e. The fourth-order valence-electron chi connectivity index (χ4n) is 1.60. The lowest BCUT2D eigenvalue weighted by molar-refractivity contribution is 0.0955. The number of nitrogens with zero attached hydrogens (tertiary/aromatic N) is 1. The number of aromatic nitrogens is 1. The van der Waals surface area contributed by atoms with Crippen molar-refractivity contribution in [1.82, 2.24) is 10.3 Å². The number of benzene rings is 1. The van der Waals surface area contributed by atoms with E-state index in [9.17, 15) is 4.79 Å². The van der Waals surface area contributed by atoms with Crippen LogP contribution in [0.2, 0.25) is 0 Å². The molecule has 6 heteroatoms. The number of nitrogens with one attached hydrogen (secondary N) is 1. The standard InChI is InChI=1S/C14H14BrN3O2/c1-2-18-14(19)9-3-4-12(16)13(5-9)20-11-6-10(15)7-17-8-11/h3-8H,2,16H2,1H3,(H,18,19). The lowest BCUT2D eigenvalue weighted by Crippen LogP contribution is -2.22. The van der Waals surface area contributed by atoms with Crippen molar-refractivity contribution in [3.8, 4) is 11.5 Å². The number of anilines is 1. The molecule has 2 aromatic rings. The van der Waals surface area contributed by atoms with E-state index < -0.39 is 0 Å². The molecule has 1 heterocycles. The molecule has 0 radical (unpaired) electrons. The van der Waals surface area contributed by atoms with Gasteiger partial charge in [0.25, 0.3) is 5.91 Å². The number of ether oxygens (including phenoxy) is 1. The predicted molar refractivity (Wildman–Crippen MR) is 80.9 cm³/mol. The Hall–Kier alpha value is -2.08. The van der Waals surface area contributed by atoms with E-state index in [0.717, 1.165) is 4.47 Å². The molecule has 0 bridgehead atoms. The molecule has 1 aromatic carbocycles. The van der Waals surface area contributed by atoms with Crippen molar-refractivity contribution in [2.24, 2.45) is 0 Å². The number of hydrogen-bond acceptors (Lipinski definition) is 4. The fourth-order valence-corrected chi connectivity index (χ4v) is 1.95. The fraction of sp³-hybridized carbons (Fsp3) is 0.143. The van der Waals surface area contributed by atoms with Gasteiger partial charge in [0.2, 0.25) is 0 Å². The maximum atomic E-state index is 11.8. The smallest absolute Gasteiger partial charge is 0.251 e. The Kier molecular flexibility index (Phi) is 4.57. The molecule has 1 aromatic heterocycles. The number of carbonyl (C=O) groups excluding carboxylic acids is 1. The van der Waals surface area contributed by atoms with Crippen molar-refractivity contribution in [3.05, 3.63) is 46.7 Å². The summed E-state index contributed by atoms with van der Waals surface area (Å²) < 4.78 is 6.46. The van der Waals surface area contributed by atoms with Crippen molar-refractivity contribution in [2.45, 2.75) is 6.92 Å². The molecule has 0 spiro atoms. The molecule has 1 amide bonds. The zero-order chi connectivity index (χ0) is 14.5. The summed E-state index contributed by atoms with van der Waals surface area (Å²) in [5.74, 6) is 0.803. The molecule has 0 saturated heterocycles. The monoisotopic (exact) mass is 335 g/mol. The maximum Gasteiger partial charge on any atom is 0.251 e. The van der Waals surface area contributed by atoms with Gasteiger partial charge >= 0.3 is 0 Å². The van der Waals surface area contributed by atoms with Crippen LogP contribution in [0.3, 0.4) is 0 Å². The van der Waals surface area contributed by atoms with Crippen molar-refractivity contribution >= 4 is 27.5 Å². The highest BCUT2D eigenvalue weighted by atomic mass is 79.9. The molecule has 0 saturated carbocycles. The van der Waals surface area contributed by atoms with Gasteiger partial charge in [-0.3, -0.25) is 9.78 Å².